The Morgan fingerprint density at radius 2 is 1.15 bits per heavy atom. The van der Waals surface area contributed by atoms with Crippen LogP contribution in [0.1, 0.15) is 0 Å². The van der Waals surface area contributed by atoms with Crippen LogP contribution in [0.2, 0.25) is 0 Å². The van der Waals surface area contributed by atoms with Gasteiger partial charge in [-0.05, 0) is 46.8 Å². The van der Waals surface area contributed by atoms with Crippen molar-refractivity contribution in [2.75, 3.05) is 0 Å². The van der Waals surface area contributed by atoms with E-state index in [-0.39, 0.29) is 0 Å². The molecule has 2 aromatic heterocycles. The monoisotopic (exact) mass is 498 g/mol. The predicted molar refractivity (Wildman–Crippen MR) is 161 cm³/mol. The van der Waals surface area contributed by atoms with E-state index in [4.69, 9.17) is 14.4 Å². The van der Waals surface area contributed by atoms with Crippen LogP contribution in [0, 0.1) is 0 Å². The average molecular weight is 499 g/mol. The Bertz CT molecular complexity index is 2180. The summed E-state index contributed by atoms with van der Waals surface area (Å²) in [5.41, 5.74) is 8.02. The number of fused-ring (bicyclic) bond motifs is 6. The van der Waals surface area contributed by atoms with Crippen molar-refractivity contribution < 1.29 is 4.42 Å². The minimum Gasteiger partial charge on any atom is -0.455 e. The molecule has 182 valence electrons. The van der Waals surface area contributed by atoms with Crippen molar-refractivity contribution in [2.24, 2.45) is 0 Å². The van der Waals surface area contributed by atoms with Gasteiger partial charge in [0.2, 0.25) is 0 Å². The smallest absolute Gasteiger partial charge is 0.160 e. The molecule has 0 saturated carbocycles. The van der Waals surface area contributed by atoms with Gasteiger partial charge in [-0.15, -0.1) is 0 Å². The number of rotatable bonds is 3. The van der Waals surface area contributed by atoms with Crippen molar-refractivity contribution in [3.63, 3.8) is 0 Å². The van der Waals surface area contributed by atoms with Gasteiger partial charge in [0.1, 0.15) is 11.2 Å². The lowest BCUT2D eigenvalue weighted by atomic mass is 9.98. The number of benzene rings is 6. The molecule has 39 heavy (non-hydrogen) atoms. The van der Waals surface area contributed by atoms with Crippen molar-refractivity contribution in [1.29, 1.82) is 0 Å². The van der Waals surface area contributed by atoms with E-state index in [1.807, 2.05) is 42.5 Å². The molecule has 0 amide bonds. The highest BCUT2D eigenvalue weighted by atomic mass is 16.3. The summed E-state index contributed by atoms with van der Waals surface area (Å²) < 4.78 is 6.33. The Morgan fingerprint density at radius 1 is 0.436 bits per heavy atom. The number of hydrogen-bond donors (Lipinski definition) is 0. The van der Waals surface area contributed by atoms with E-state index in [0.717, 1.165) is 77.4 Å². The van der Waals surface area contributed by atoms with Crippen LogP contribution in [-0.2, 0) is 0 Å². The minimum atomic E-state index is 0.717. The summed E-state index contributed by atoms with van der Waals surface area (Å²) >= 11 is 0. The fourth-order valence-electron chi connectivity index (χ4n) is 5.54. The molecule has 3 nitrogen and oxygen atoms in total. The van der Waals surface area contributed by atoms with E-state index in [1.165, 1.54) is 0 Å². The topological polar surface area (TPSA) is 38.9 Å². The molecule has 0 spiro atoms. The predicted octanol–water partition coefficient (Wildman–Crippen LogP) is 9.68. The maximum atomic E-state index is 6.33. The molecular weight excluding hydrogens is 476 g/mol. The van der Waals surface area contributed by atoms with Crippen molar-refractivity contribution in [2.45, 2.75) is 0 Å². The SMILES string of the molecule is c1ccc(-c2nc(-c3cccc(-c4ccc5ccc6c7ccccc7oc6c5c4)c3)nc3ccccc23)cc1. The van der Waals surface area contributed by atoms with Gasteiger partial charge in [-0.25, -0.2) is 9.97 Å². The maximum absolute atomic E-state index is 6.33. The van der Waals surface area contributed by atoms with Crippen LogP contribution in [0.25, 0.3) is 77.4 Å². The van der Waals surface area contributed by atoms with Crippen LogP contribution in [0.5, 0.6) is 0 Å². The van der Waals surface area contributed by atoms with E-state index in [0.29, 0.717) is 0 Å². The Morgan fingerprint density at radius 3 is 2.08 bits per heavy atom. The summed E-state index contributed by atoms with van der Waals surface area (Å²) in [7, 11) is 0. The number of aromatic nitrogens is 2. The molecule has 0 saturated heterocycles. The molecule has 0 aliphatic rings. The molecule has 0 fully saturated rings. The fourth-order valence-corrected chi connectivity index (χ4v) is 5.54. The third kappa shape index (κ3) is 3.59. The summed E-state index contributed by atoms with van der Waals surface area (Å²) in [5, 5.41) is 5.60. The highest BCUT2D eigenvalue weighted by Crippen LogP contribution is 2.36. The Hall–Kier alpha value is -5.28. The van der Waals surface area contributed by atoms with Crippen LogP contribution >= 0.6 is 0 Å². The zero-order valence-corrected chi connectivity index (χ0v) is 21.0. The van der Waals surface area contributed by atoms with Crippen molar-refractivity contribution in [3.8, 4) is 33.8 Å². The lowest BCUT2D eigenvalue weighted by Crippen LogP contribution is -1.95. The Kier molecular flexibility index (Phi) is 4.82. The molecule has 0 atom stereocenters. The Labute approximate surface area is 225 Å². The lowest BCUT2D eigenvalue weighted by molar-refractivity contribution is 0.672. The zero-order valence-electron chi connectivity index (χ0n) is 21.0. The number of para-hydroxylation sites is 2. The van der Waals surface area contributed by atoms with Gasteiger partial charge >= 0.3 is 0 Å². The van der Waals surface area contributed by atoms with Gasteiger partial charge in [-0.1, -0.05) is 103 Å². The molecule has 6 aromatic carbocycles. The average Bonchev–Trinajstić information content (AvgIpc) is 3.40. The highest BCUT2D eigenvalue weighted by Gasteiger charge is 2.13. The Balaban J connectivity index is 1.29. The third-order valence-corrected chi connectivity index (χ3v) is 7.47. The van der Waals surface area contributed by atoms with Crippen molar-refractivity contribution in [3.05, 3.63) is 133 Å². The molecule has 0 aliphatic heterocycles. The van der Waals surface area contributed by atoms with E-state index >= 15 is 0 Å². The maximum Gasteiger partial charge on any atom is 0.160 e. The van der Waals surface area contributed by atoms with E-state index in [2.05, 4.69) is 91.0 Å². The van der Waals surface area contributed by atoms with Gasteiger partial charge in [0.05, 0.1) is 11.2 Å². The molecular formula is C36H22N2O. The van der Waals surface area contributed by atoms with E-state index in [9.17, 15) is 0 Å². The van der Waals surface area contributed by atoms with E-state index in [1.54, 1.807) is 0 Å². The number of nitrogens with zero attached hydrogens (tertiary/aromatic N) is 2. The summed E-state index contributed by atoms with van der Waals surface area (Å²) in [5.74, 6) is 0.717. The fraction of sp³-hybridized carbons (Fsp3) is 0. The first-order chi connectivity index (χ1) is 19.3. The van der Waals surface area contributed by atoms with Crippen LogP contribution in [0.4, 0.5) is 0 Å². The normalized spacial score (nSPS) is 11.6. The van der Waals surface area contributed by atoms with Crippen molar-refractivity contribution in [1.82, 2.24) is 9.97 Å². The van der Waals surface area contributed by atoms with Crippen LogP contribution in [0.15, 0.2) is 138 Å². The third-order valence-electron chi connectivity index (χ3n) is 7.47. The van der Waals surface area contributed by atoms with Crippen LogP contribution in [0.3, 0.4) is 0 Å². The molecule has 0 bridgehead atoms. The summed E-state index contributed by atoms with van der Waals surface area (Å²) in [6, 6.07) is 46.1. The van der Waals surface area contributed by atoms with Crippen LogP contribution in [-0.4, -0.2) is 9.97 Å². The summed E-state index contributed by atoms with van der Waals surface area (Å²) in [4.78, 5) is 10.0. The highest BCUT2D eigenvalue weighted by molar-refractivity contribution is 6.15. The first-order valence-corrected chi connectivity index (χ1v) is 13.1. The van der Waals surface area contributed by atoms with Gasteiger partial charge in [0, 0.05) is 32.7 Å². The molecule has 3 heteroatoms. The van der Waals surface area contributed by atoms with E-state index < -0.39 is 0 Å². The zero-order chi connectivity index (χ0) is 25.8. The van der Waals surface area contributed by atoms with Gasteiger partial charge in [0.15, 0.2) is 5.82 Å². The minimum absolute atomic E-state index is 0.717. The van der Waals surface area contributed by atoms with Gasteiger partial charge in [0.25, 0.3) is 0 Å². The lowest BCUT2D eigenvalue weighted by Gasteiger charge is -2.11. The number of furan rings is 1. The number of hydrogen-bond acceptors (Lipinski definition) is 3. The molecule has 0 aliphatic carbocycles. The van der Waals surface area contributed by atoms with Gasteiger partial charge in [-0.2, -0.15) is 0 Å². The molecule has 8 aromatic rings. The van der Waals surface area contributed by atoms with Crippen LogP contribution < -0.4 is 0 Å². The second-order valence-electron chi connectivity index (χ2n) is 9.84. The quantitative estimate of drug-likeness (QED) is 0.243. The standard InChI is InChI=1S/C36H22N2O/c1-2-9-24(10-3-1)34-30-14-4-6-15-32(30)37-36(38-34)27-12-8-11-25(21-27)26-18-17-23-19-20-29-28-13-5-7-16-33(28)39-35(29)31(23)22-26/h1-22H. The molecule has 0 N–H and O–H groups in total. The molecule has 8 rings (SSSR count). The second kappa shape index (κ2) is 8.64. The first kappa shape index (κ1) is 21.8. The summed E-state index contributed by atoms with van der Waals surface area (Å²) in [6.45, 7) is 0. The summed E-state index contributed by atoms with van der Waals surface area (Å²) in [6.07, 6.45) is 0. The largest absolute Gasteiger partial charge is 0.455 e. The first-order valence-electron chi connectivity index (χ1n) is 13.1. The molecule has 0 radical (unpaired) electrons. The van der Waals surface area contributed by atoms with Gasteiger partial charge < -0.3 is 4.42 Å². The molecule has 0 unspecified atom stereocenters. The molecule has 2 heterocycles. The van der Waals surface area contributed by atoms with Crippen molar-refractivity contribution >= 4 is 43.6 Å². The van der Waals surface area contributed by atoms with Gasteiger partial charge in [-0.3, -0.25) is 0 Å². The second-order valence-corrected chi connectivity index (χ2v) is 9.84.